The second-order valence-electron chi connectivity index (χ2n) is 9.03. The van der Waals surface area contributed by atoms with Crippen molar-refractivity contribution in [3.8, 4) is 11.3 Å². The Bertz CT molecular complexity index is 1400. The van der Waals surface area contributed by atoms with Crippen LogP contribution in [0.1, 0.15) is 37.7 Å². The first kappa shape index (κ1) is 26.6. The molecule has 2 heterocycles. The molecule has 2 amide bonds. The Labute approximate surface area is 219 Å². The van der Waals surface area contributed by atoms with Gasteiger partial charge in [0.15, 0.2) is 0 Å². The topological polar surface area (TPSA) is 142 Å². The Kier molecular flexibility index (Phi) is 8.86. The van der Waals surface area contributed by atoms with Crippen LogP contribution in [0.2, 0.25) is 0 Å². The van der Waals surface area contributed by atoms with Crippen LogP contribution in [0.3, 0.4) is 0 Å². The zero-order valence-electron chi connectivity index (χ0n) is 20.9. The fourth-order valence-electron chi connectivity index (χ4n) is 4.39. The van der Waals surface area contributed by atoms with E-state index >= 15 is 0 Å². The first-order chi connectivity index (χ1) is 18.4. The van der Waals surface area contributed by atoms with Crippen LogP contribution >= 0.6 is 0 Å². The number of carbonyl (C=O) groups is 3. The van der Waals surface area contributed by atoms with Crippen LogP contribution in [-0.2, 0) is 14.3 Å². The number of nitrogens with zero attached hydrogens (tertiary/aromatic N) is 2. The number of carboxylic acids is 1. The van der Waals surface area contributed by atoms with Gasteiger partial charge in [-0.05, 0) is 55.9 Å². The Morgan fingerprint density at radius 1 is 1.16 bits per heavy atom. The molecule has 3 aromatic rings. The average molecular weight is 519 g/mol. The number of aromatic nitrogens is 2. The third kappa shape index (κ3) is 6.84. The molecule has 1 atom stereocenters. The molecule has 4 rings (SSSR count). The molecule has 3 N–H and O–H groups in total. The predicted octanol–water partition coefficient (Wildman–Crippen LogP) is 3.58. The number of aliphatic carboxylic acids is 1. The summed E-state index contributed by atoms with van der Waals surface area (Å²) in [6, 6.07) is 14.2. The summed E-state index contributed by atoms with van der Waals surface area (Å²) in [6.45, 7) is 0.301. The Morgan fingerprint density at radius 3 is 2.84 bits per heavy atom. The van der Waals surface area contributed by atoms with Crippen LogP contribution in [0.25, 0.3) is 28.4 Å². The molecule has 1 aliphatic rings. The Hall–Kier alpha value is -4.47. The third-order valence-corrected chi connectivity index (χ3v) is 6.31. The van der Waals surface area contributed by atoms with Gasteiger partial charge < -0.3 is 25.0 Å². The van der Waals surface area contributed by atoms with E-state index < -0.39 is 24.0 Å². The molecule has 0 spiro atoms. The molecule has 0 aliphatic carbocycles. The fourth-order valence-corrected chi connectivity index (χ4v) is 4.39. The number of H-pyrrole nitrogens is 1. The molecule has 1 unspecified atom stereocenters. The van der Waals surface area contributed by atoms with Crippen molar-refractivity contribution in [1.29, 1.82) is 0 Å². The molecule has 10 nitrogen and oxygen atoms in total. The molecule has 1 aliphatic heterocycles. The zero-order chi connectivity index (χ0) is 26.9. The van der Waals surface area contributed by atoms with Gasteiger partial charge in [0.2, 0.25) is 5.91 Å². The number of alkyl carbamates (subject to hydrolysis) is 1. The fraction of sp³-hybridized carbons (Fsp3) is 0.321. The number of unbranched alkanes of at least 4 members (excludes halogenated alkanes) is 2. The maximum Gasteiger partial charge on any atom is 0.407 e. The number of likely N-dealkylation sites (tertiary alicyclic amines) is 1. The molecular weight excluding hydrogens is 488 g/mol. The largest absolute Gasteiger partial charge is 0.480 e. The van der Waals surface area contributed by atoms with Gasteiger partial charge in [-0.2, -0.15) is 0 Å². The number of fused-ring (bicyclic) bond motifs is 1. The normalized spacial score (nSPS) is 15.2. The summed E-state index contributed by atoms with van der Waals surface area (Å²) in [5.41, 5.74) is 3.24. The number of amides is 2. The number of carbonyl (C=O) groups excluding carboxylic acids is 2. The second kappa shape index (κ2) is 12.7. The van der Waals surface area contributed by atoms with Gasteiger partial charge in [-0.1, -0.05) is 42.5 Å². The lowest BCUT2D eigenvalue weighted by Gasteiger charge is -2.21. The molecule has 0 radical (unpaired) electrons. The number of rotatable bonds is 10. The van der Waals surface area contributed by atoms with E-state index in [4.69, 9.17) is 9.84 Å². The molecule has 38 heavy (non-hydrogen) atoms. The summed E-state index contributed by atoms with van der Waals surface area (Å²) in [5, 5.41) is 11.5. The number of nitrogens with one attached hydrogen (secondary N) is 2. The minimum atomic E-state index is -1.03. The summed E-state index contributed by atoms with van der Waals surface area (Å²) in [6.07, 6.45) is 6.56. The van der Waals surface area contributed by atoms with E-state index in [1.165, 1.54) is 4.90 Å². The standard InChI is InChI=1S/C28H30N4O6/c33-24(32-15-8-14-23(32)27(35)36)18-29-28(37)38-16-6-2-1-3-9-19-10-7-11-20(17-19)25-26(34)31-22-13-5-4-12-21(22)30-25/h3-5,7,9-13,17,23H,1-2,6,8,14-16,18H2,(H,29,37)(H,31,34)(H,35,36)/b9-3+. The lowest BCUT2D eigenvalue weighted by molar-refractivity contribution is -0.147. The number of hydrogen-bond donors (Lipinski definition) is 3. The third-order valence-electron chi connectivity index (χ3n) is 6.31. The highest BCUT2D eigenvalue weighted by atomic mass is 16.5. The van der Waals surface area contributed by atoms with Crippen molar-refractivity contribution in [2.45, 2.75) is 38.1 Å². The van der Waals surface area contributed by atoms with Gasteiger partial charge >= 0.3 is 12.1 Å². The van der Waals surface area contributed by atoms with E-state index in [2.05, 4.69) is 15.3 Å². The van der Waals surface area contributed by atoms with Crippen molar-refractivity contribution in [1.82, 2.24) is 20.2 Å². The van der Waals surface area contributed by atoms with Gasteiger partial charge in [0, 0.05) is 12.1 Å². The number of aromatic amines is 1. The van der Waals surface area contributed by atoms with Gasteiger partial charge in [-0.25, -0.2) is 14.6 Å². The highest BCUT2D eigenvalue weighted by molar-refractivity contribution is 5.87. The summed E-state index contributed by atoms with van der Waals surface area (Å²) in [7, 11) is 0. The molecule has 0 saturated carbocycles. The molecular formula is C28H30N4O6. The van der Waals surface area contributed by atoms with Gasteiger partial charge in [-0.15, -0.1) is 0 Å². The maximum atomic E-state index is 12.5. The number of ether oxygens (including phenoxy) is 1. The van der Waals surface area contributed by atoms with E-state index in [1.807, 2.05) is 60.7 Å². The van der Waals surface area contributed by atoms with Crippen molar-refractivity contribution in [2.24, 2.45) is 0 Å². The van der Waals surface area contributed by atoms with Crippen LogP contribution in [0.4, 0.5) is 4.79 Å². The van der Waals surface area contributed by atoms with Crippen molar-refractivity contribution in [3.05, 3.63) is 70.5 Å². The Morgan fingerprint density at radius 2 is 2.00 bits per heavy atom. The van der Waals surface area contributed by atoms with E-state index in [9.17, 15) is 19.2 Å². The summed E-state index contributed by atoms with van der Waals surface area (Å²) in [4.78, 5) is 56.4. The smallest absolute Gasteiger partial charge is 0.407 e. The molecule has 198 valence electrons. The molecule has 0 bridgehead atoms. The maximum absolute atomic E-state index is 12.5. The van der Waals surface area contributed by atoms with Crippen LogP contribution in [-0.4, -0.2) is 63.7 Å². The number of benzene rings is 2. The number of para-hydroxylation sites is 2. The van der Waals surface area contributed by atoms with Crippen molar-refractivity contribution in [3.63, 3.8) is 0 Å². The van der Waals surface area contributed by atoms with Gasteiger partial charge in [0.1, 0.15) is 18.3 Å². The van der Waals surface area contributed by atoms with Crippen LogP contribution < -0.4 is 10.9 Å². The summed E-state index contributed by atoms with van der Waals surface area (Å²) in [5.74, 6) is -1.46. The molecule has 10 heteroatoms. The van der Waals surface area contributed by atoms with Gasteiger partial charge in [0.25, 0.3) is 5.56 Å². The summed E-state index contributed by atoms with van der Waals surface area (Å²) >= 11 is 0. The van der Waals surface area contributed by atoms with E-state index in [1.54, 1.807) is 0 Å². The minimum Gasteiger partial charge on any atom is -0.480 e. The average Bonchev–Trinajstić information content (AvgIpc) is 3.42. The lowest BCUT2D eigenvalue weighted by Crippen LogP contribution is -2.45. The zero-order valence-corrected chi connectivity index (χ0v) is 20.9. The quantitative estimate of drug-likeness (QED) is 0.348. The van der Waals surface area contributed by atoms with E-state index in [-0.39, 0.29) is 18.7 Å². The molecule has 1 fully saturated rings. The van der Waals surface area contributed by atoms with Gasteiger partial charge in [0.05, 0.1) is 17.6 Å². The van der Waals surface area contributed by atoms with E-state index in [0.29, 0.717) is 37.0 Å². The van der Waals surface area contributed by atoms with E-state index in [0.717, 1.165) is 29.5 Å². The van der Waals surface area contributed by atoms with Crippen molar-refractivity contribution < 1.29 is 24.2 Å². The molecule has 1 saturated heterocycles. The predicted molar refractivity (Wildman–Crippen MR) is 142 cm³/mol. The first-order valence-corrected chi connectivity index (χ1v) is 12.6. The number of hydrogen-bond acceptors (Lipinski definition) is 6. The minimum absolute atomic E-state index is 0.210. The highest BCUT2D eigenvalue weighted by Crippen LogP contribution is 2.19. The Balaban J connectivity index is 1.17. The van der Waals surface area contributed by atoms with Crippen LogP contribution in [0, 0.1) is 0 Å². The molecule has 2 aromatic carbocycles. The highest BCUT2D eigenvalue weighted by Gasteiger charge is 2.33. The van der Waals surface area contributed by atoms with Crippen LogP contribution in [0.15, 0.2) is 59.4 Å². The van der Waals surface area contributed by atoms with Gasteiger partial charge in [-0.3, -0.25) is 9.59 Å². The van der Waals surface area contributed by atoms with Crippen molar-refractivity contribution in [2.75, 3.05) is 19.7 Å². The molecule has 1 aromatic heterocycles. The SMILES string of the molecule is O=C(NCC(=O)N1CCCC1C(=O)O)OCCCC/C=C/c1cccc(-c2nc3ccccc3[nH]c2=O)c1. The lowest BCUT2D eigenvalue weighted by atomic mass is 10.1. The number of allylic oxidation sites excluding steroid dienone is 1. The summed E-state index contributed by atoms with van der Waals surface area (Å²) < 4.78 is 5.10. The van der Waals surface area contributed by atoms with Crippen molar-refractivity contribution >= 4 is 35.1 Å². The van der Waals surface area contributed by atoms with Crippen LogP contribution in [0.5, 0.6) is 0 Å². The second-order valence-corrected chi connectivity index (χ2v) is 9.03. The monoisotopic (exact) mass is 518 g/mol. The first-order valence-electron chi connectivity index (χ1n) is 12.6. The number of carboxylic acid groups (broad SMARTS) is 1.